The number of nitrogens with one attached hydrogen (secondary N) is 2. The SMILES string of the molecule is CC(C)(C)OC(=O)N1CCC(NC(=O)NC2CCN(c3ccc(F)cc3F)C2)C1. The van der Waals surface area contributed by atoms with Gasteiger partial charge in [-0.3, -0.25) is 0 Å². The molecule has 2 N–H and O–H groups in total. The summed E-state index contributed by atoms with van der Waals surface area (Å²) in [6, 6.07) is 2.91. The van der Waals surface area contributed by atoms with Crippen molar-refractivity contribution < 1.29 is 23.1 Å². The first-order valence-corrected chi connectivity index (χ1v) is 9.85. The molecule has 2 saturated heterocycles. The molecule has 160 valence electrons. The molecule has 1 aromatic rings. The second-order valence-electron chi connectivity index (χ2n) is 8.56. The summed E-state index contributed by atoms with van der Waals surface area (Å²) in [7, 11) is 0. The zero-order valence-corrected chi connectivity index (χ0v) is 17.0. The first kappa shape index (κ1) is 21.1. The second kappa shape index (κ2) is 8.42. The molecule has 2 aliphatic heterocycles. The normalized spacial score (nSPS) is 22.0. The number of amides is 3. The van der Waals surface area contributed by atoms with Gasteiger partial charge in [0.1, 0.15) is 17.2 Å². The molecule has 2 aliphatic rings. The monoisotopic (exact) mass is 410 g/mol. The Kier molecular flexibility index (Phi) is 6.14. The van der Waals surface area contributed by atoms with Crippen molar-refractivity contribution in [2.75, 3.05) is 31.1 Å². The molecular weight excluding hydrogens is 382 g/mol. The van der Waals surface area contributed by atoms with E-state index in [1.54, 1.807) is 9.80 Å². The van der Waals surface area contributed by atoms with Crippen molar-refractivity contribution >= 4 is 17.8 Å². The lowest BCUT2D eigenvalue weighted by molar-refractivity contribution is 0.0291. The van der Waals surface area contributed by atoms with Crippen LogP contribution in [0.2, 0.25) is 0 Å². The number of anilines is 1. The van der Waals surface area contributed by atoms with Gasteiger partial charge in [0.25, 0.3) is 0 Å². The minimum absolute atomic E-state index is 0.136. The molecule has 7 nitrogen and oxygen atoms in total. The van der Waals surface area contributed by atoms with Gasteiger partial charge in [-0.2, -0.15) is 0 Å². The molecule has 0 bridgehead atoms. The van der Waals surface area contributed by atoms with E-state index in [2.05, 4.69) is 10.6 Å². The number of carbonyl (C=O) groups is 2. The highest BCUT2D eigenvalue weighted by atomic mass is 19.1. The van der Waals surface area contributed by atoms with Gasteiger partial charge in [0, 0.05) is 44.3 Å². The molecular formula is C20H28F2N4O3. The summed E-state index contributed by atoms with van der Waals surface area (Å²) in [5, 5.41) is 5.78. The van der Waals surface area contributed by atoms with E-state index in [1.807, 2.05) is 20.8 Å². The molecule has 0 radical (unpaired) electrons. The maximum absolute atomic E-state index is 13.9. The third kappa shape index (κ3) is 5.71. The van der Waals surface area contributed by atoms with Crippen LogP contribution in [0.15, 0.2) is 18.2 Å². The van der Waals surface area contributed by atoms with Crippen molar-refractivity contribution in [3.8, 4) is 0 Å². The van der Waals surface area contributed by atoms with Gasteiger partial charge < -0.3 is 25.2 Å². The van der Waals surface area contributed by atoms with Gasteiger partial charge >= 0.3 is 12.1 Å². The summed E-state index contributed by atoms with van der Waals surface area (Å²) in [4.78, 5) is 27.8. The van der Waals surface area contributed by atoms with Crippen LogP contribution in [0.1, 0.15) is 33.6 Å². The summed E-state index contributed by atoms with van der Waals surface area (Å²) >= 11 is 0. The third-order valence-corrected chi connectivity index (χ3v) is 4.95. The number of halogens is 2. The summed E-state index contributed by atoms with van der Waals surface area (Å²) in [5.74, 6) is -1.22. The van der Waals surface area contributed by atoms with Gasteiger partial charge in [0.2, 0.25) is 0 Å². The van der Waals surface area contributed by atoms with Crippen LogP contribution in [-0.2, 0) is 4.74 Å². The molecule has 9 heteroatoms. The van der Waals surface area contributed by atoms with E-state index in [9.17, 15) is 18.4 Å². The number of urea groups is 1. The second-order valence-corrected chi connectivity index (χ2v) is 8.56. The largest absolute Gasteiger partial charge is 0.444 e. The maximum atomic E-state index is 13.9. The van der Waals surface area contributed by atoms with Crippen molar-refractivity contribution in [2.45, 2.75) is 51.3 Å². The van der Waals surface area contributed by atoms with Crippen LogP contribution in [-0.4, -0.2) is 60.9 Å². The Hall–Kier alpha value is -2.58. The van der Waals surface area contributed by atoms with Crippen LogP contribution in [0.25, 0.3) is 0 Å². The van der Waals surface area contributed by atoms with Crippen LogP contribution >= 0.6 is 0 Å². The number of rotatable bonds is 3. The Bertz CT molecular complexity index is 769. The summed E-state index contributed by atoms with van der Waals surface area (Å²) < 4.78 is 32.4. The van der Waals surface area contributed by atoms with E-state index < -0.39 is 17.2 Å². The first-order valence-electron chi connectivity index (χ1n) is 9.85. The standard InChI is InChI=1S/C20H28F2N4O3/c1-20(2,3)29-19(28)26-9-7-15(12-26)24-18(27)23-14-6-8-25(11-14)17-5-4-13(21)10-16(17)22/h4-5,10,14-15H,6-9,11-12H2,1-3H3,(H2,23,24,27). The van der Waals surface area contributed by atoms with E-state index in [-0.39, 0.29) is 24.2 Å². The lowest BCUT2D eigenvalue weighted by Crippen LogP contribution is -2.48. The van der Waals surface area contributed by atoms with E-state index in [4.69, 9.17) is 4.74 Å². The van der Waals surface area contributed by atoms with Gasteiger partial charge in [-0.25, -0.2) is 18.4 Å². The van der Waals surface area contributed by atoms with Crippen LogP contribution in [0.3, 0.4) is 0 Å². The van der Waals surface area contributed by atoms with Crippen LogP contribution in [0.5, 0.6) is 0 Å². The zero-order valence-electron chi connectivity index (χ0n) is 17.0. The number of ether oxygens (including phenoxy) is 1. The predicted molar refractivity (Wildman–Crippen MR) is 105 cm³/mol. The molecule has 2 unspecified atom stereocenters. The van der Waals surface area contributed by atoms with Crippen molar-refractivity contribution in [3.63, 3.8) is 0 Å². The molecule has 2 heterocycles. The maximum Gasteiger partial charge on any atom is 0.410 e. The lowest BCUT2D eigenvalue weighted by atomic mass is 10.2. The van der Waals surface area contributed by atoms with Gasteiger partial charge in [0.15, 0.2) is 0 Å². The minimum Gasteiger partial charge on any atom is -0.444 e. The van der Waals surface area contributed by atoms with Crippen molar-refractivity contribution in [1.82, 2.24) is 15.5 Å². The minimum atomic E-state index is -0.614. The molecule has 2 fully saturated rings. The van der Waals surface area contributed by atoms with Crippen LogP contribution in [0, 0.1) is 11.6 Å². The quantitative estimate of drug-likeness (QED) is 0.804. The molecule has 3 rings (SSSR count). The molecule has 1 aromatic carbocycles. The Balaban J connectivity index is 1.44. The molecule has 29 heavy (non-hydrogen) atoms. The number of benzene rings is 1. The highest BCUT2D eigenvalue weighted by Crippen LogP contribution is 2.24. The number of nitrogens with zero attached hydrogens (tertiary/aromatic N) is 2. The molecule has 0 aromatic heterocycles. The Morgan fingerprint density at radius 3 is 2.38 bits per heavy atom. The third-order valence-electron chi connectivity index (χ3n) is 4.95. The number of likely N-dealkylation sites (tertiary alicyclic amines) is 1. The summed E-state index contributed by atoms with van der Waals surface area (Å²) in [6.45, 7) is 7.39. The van der Waals surface area contributed by atoms with Gasteiger partial charge in [-0.1, -0.05) is 0 Å². The fraction of sp³-hybridized carbons (Fsp3) is 0.600. The van der Waals surface area contributed by atoms with E-state index in [1.165, 1.54) is 12.1 Å². The van der Waals surface area contributed by atoms with Gasteiger partial charge in [-0.05, 0) is 45.7 Å². The highest BCUT2D eigenvalue weighted by molar-refractivity contribution is 5.75. The van der Waals surface area contributed by atoms with Gasteiger partial charge in [0.05, 0.1) is 5.69 Å². The van der Waals surface area contributed by atoms with Crippen LogP contribution in [0.4, 0.5) is 24.1 Å². The lowest BCUT2D eigenvalue weighted by Gasteiger charge is -2.24. The van der Waals surface area contributed by atoms with Crippen molar-refractivity contribution in [3.05, 3.63) is 29.8 Å². The van der Waals surface area contributed by atoms with Crippen molar-refractivity contribution in [1.29, 1.82) is 0 Å². The number of hydrogen-bond acceptors (Lipinski definition) is 4. The van der Waals surface area contributed by atoms with E-state index in [0.29, 0.717) is 44.7 Å². The van der Waals surface area contributed by atoms with Gasteiger partial charge in [-0.15, -0.1) is 0 Å². The zero-order chi connectivity index (χ0) is 21.2. The predicted octanol–water partition coefficient (Wildman–Crippen LogP) is 2.85. The number of hydrogen-bond donors (Lipinski definition) is 2. The highest BCUT2D eigenvalue weighted by Gasteiger charge is 2.31. The smallest absolute Gasteiger partial charge is 0.410 e. The van der Waals surface area contributed by atoms with Crippen LogP contribution < -0.4 is 15.5 Å². The Morgan fingerprint density at radius 1 is 1.07 bits per heavy atom. The Labute approximate surface area is 169 Å². The average molecular weight is 410 g/mol. The fourth-order valence-electron chi connectivity index (χ4n) is 3.62. The Morgan fingerprint density at radius 2 is 1.72 bits per heavy atom. The van der Waals surface area contributed by atoms with Crippen molar-refractivity contribution in [2.24, 2.45) is 0 Å². The van der Waals surface area contributed by atoms with E-state index >= 15 is 0 Å². The molecule has 0 aliphatic carbocycles. The summed E-state index contributed by atoms with van der Waals surface area (Å²) in [5.41, 5.74) is -0.224. The van der Waals surface area contributed by atoms with E-state index in [0.717, 1.165) is 6.07 Å². The summed E-state index contributed by atoms with van der Waals surface area (Å²) in [6.07, 6.45) is 0.943. The molecule has 0 saturated carbocycles. The molecule has 0 spiro atoms. The topological polar surface area (TPSA) is 73.9 Å². The first-order chi connectivity index (χ1) is 13.6. The molecule has 3 amide bonds. The average Bonchev–Trinajstić information content (AvgIpc) is 3.23. The molecule has 2 atom stereocenters. The number of carbonyl (C=O) groups excluding carboxylic acids is 2. The fourth-order valence-corrected chi connectivity index (χ4v) is 3.62.